The van der Waals surface area contributed by atoms with Crippen LogP contribution in [0.2, 0.25) is 0 Å². The van der Waals surface area contributed by atoms with Crippen molar-refractivity contribution < 1.29 is 29.3 Å². The molecule has 1 aromatic rings. The molecule has 1 aliphatic heterocycles. The van der Waals surface area contributed by atoms with Crippen LogP contribution in [0, 0.1) is 5.92 Å². The topological polar surface area (TPSA) is 105 Å². The van der Waals surface area contributed by atoms with Crippen LogP contribution in [0.3, 0.4) is 0 Å². The molecule has 3 rings (SSSR count). The first kappa shape index (κ1) is 20.4. The molecular formula is C21H27NO6. The Hall–Kier alpha value is -2.38. The maximum Gasteiger partial charge on any atom is 0.341 e. The molecule has 1 aliphatic carbocycles. The first-order chi connectivity index (χ1) is 13.2. The summed E-state index contributed by atoms with van der Waals surface area (Å²) in [5, 5.41) is 22.5. The minimum atomic E-state index is -1.04. The largest absolute Gasteiger partial charge is 0.482 e. The molecule has 7 heteroatoms. The van der Waals surface area contributed by atoms with Gasteiger partial charge in [0.2, 0.25) is 5.91 Å². The second-order valence-corrected chi connectivity index (χ2v) is 7.88. The van der Waals surface area contributed by atoms with Crippen LogP contribution in [-0.2, 0) is 14.3 Å². The lowest BCUT2D eigenvalue weighted by molar-refractivity contribution is -0.165. The van der Waals surface area contributed by atoms with Crippen molar-refractivity contribution in [3.63, 3.8) is 0 Å². The number of rotatable bonds is 5. The summed E-state index contributed by atoms with van der Waals surface area (Å²) in [6, 6.07) is 7.06. The Balaban J connectivity index is 1.84. The highest BCUT2D eigenvalue weighted by atomic mass is 16.5. The lowest BCUT2D eigenvalue weighted by Gasteiger charge is -2.52. The second kappa shape index (κ2) is 7.93. The normalized spacial score (nSPS) is 32.1. The summed E-state index contributed by atoms with van der Waals surface area (Å²) in [7, 11) is 0. The molecule has 3 N–H and O–H groups in total. The van der Waals surface area contributed by atoms with E-state index in [0.29, 0.717) is 12.2 Å². The third-order valence-electron chi connectivity index (χ3n) is 5.69. The van der Waals surface area contributed by atoms with Crippen LogP contribution < -0.4 is 10.1 Å². The van der Waals surface area contributed by atoms with Crippen LogP contribution in [0.5, 0.6) is 5.75 Å². The van der Waals surface area contributed by atoms with Gasteiger partial charge in [0.15, 0.2) is 6.61 Å². The zero-order chi connectivity index (χ0) is 20.5. The SMILES string of the molecule is CC(=O)N[C@]1(C)C[C@@H](c2ccc(OCC(=O)O)cc2)O[C@H]2[C@H](O)C(C)=CC[C@H]21. The third kappa shape index (κ3) is 4.20. The van der Waals surface area contributed by atoms with Crippen molar-refractivity contribution in [2.75, 3.05) is 6.61 Å². The van der Waals surface area contributed by atoms with E-state index in [4.69, 9.17) is 14.6 Å². The first-order valence-electron chi connectivity index (χ1n) is 9.43. The van der Waals surface area contributed by atoms with Crippen molar-refractivity contribution in [1.82, 2.24) is 5.32 Å². The number of aliphatic carboxylic acids is 1. The van der Waals surface area contributed by atoms with Crippen molar-refractivity contribution >= 4 is 11.9 Å². The summed E-state index contributed by atoms with van der Waals surface area (Å²) in [6.07, 6.45) is 1.88. The van der Waals surface area contributed by atoms with E-state index < -0.39 is 30.3 Å². The van der Waals surface area contributed by atoms with Crippen LogP contribution in [-0.4, -0.2) is 46.4 Å². The molecule has 28 heavy (non-hydrogen) atoms. The third-order valence-corrected chi connectivity index (χ3v) is 5.69. The minimum Gasteiger partial charge on any atom is -0.482 e. The molecule has 1 amide bonds. The zero-order valence-electron chi connectivity index (χ0n) is 16.3. The van der Waals surface area contributed by atoms with Gasteiger partial charge in [-0.3, -0.25) is 4.79 Å². The van der Waals surface area contributed by atoms with E-state index in [-0.39, 0.29) is 17.9 Å². The number of amides is 1. The molecule has 0 spiro atoms. The van der Waals surface area contributed by atoms with Crippen LogP contribution in [0.1, 0.15) is 45.3 Å². The number of carboxylic acids is 1. The summed E-state index contributed by atoms with van der Waals surface area (Å²) < 4.78 is 11.5. The van der Waals surface area contributed by atoms with Gasteiger partial charge in [-0.15, -0.1) is 0 Å². The fourth-order valence-corrected chi connectivity index (χ4v) is 4.28. The summed E-state index contributed by atoms with van der Waals surface area (Å²) in [6.45, 7) is 4.99. The molecule has 152 valence electrons. The maximum absolute atomic E-state index is 11.9. The number of aliphatic hydroxyl groups is 1. The van der Waals surface area contributed by atoms with Gasteiger partial charge in [-0.05, 0) is 43.5 Å². The summed E-state index contributed by atoms with van der Waals surface area (Å²) in [5.74, 6) is -0.711. The summed E-state index contributed by atoms with van der Waals surface area (Å²) >= 11 is 0. The predicted octanol–water partition coefficient (Wildman–Crippen LogP) is 2.20. The molecule has 0 saturated carbocycles. The van der Waals surface area contributed by atoms with E-state index in [1.54, 1.807) is 12.1 Å². The van der Waals surface area contributed by atoms with Crippen molar-refractivity contribution in [2.24, 2.45) is 5.92 Å². The summed E-state index contributed by atoms with van der Waals surface area (Å²) in [5.41, 5.74) is 1.25. The Morgan fingerprint density at radius 3 is 2.61 bits per heavy atom. The molecule has 0 bridgehead atoms. The number of benzene rings is 1. The lowest BCUT2D eigenvalue weighted by Crippen LogP contribution is -2.62. The Kier molecular flexibility index (Phi) is 5.76. The number of fused-ring (bicyclic) bond motifs is 1. The Morgan fingerprint density at radius 2 is 2.00 bits per heavy atom. The van der Waals surface area contributed by atoms with Gasteiger partial charge in [0.25, 0.3) is 0 Å². The van der Waals surface area contributed by atoms with E-state index in [1.165, 1.54) is 6.92 Å². The Labute approximate surface area is 164 Å². The van der Waals surface area contributed by atoms with E-state index in [1.807, 2.05) is 32.1 Å². The molecular weight excluding hydrogens is 362 g/mol. The average Bonchev–Trinajstić information content (AvgIpc) is 2.62. The highest BCUT2D eigenvalue weighted by molar-refractivity contribution is 5.74. The first-order valence-corrected chi connectivity index (χ1v) is 9.43. The van der Waals surface area contributed by atoms with E-state index in [9.17, 15) is 14.7 Å². The molecule has 0 unspecified atom stereocenters. The number of carboxylic acid groups (broad SMARTS) is 1. The second-order valence-electron chi connectivity index (χ2n) is 7.88. The molecule has 7 nitrogen and oxygen atoms in total. The van der Waals surface area contributed by atoms with Crippen molar-refractivity contribution in [2.45, 2.75) is 57.5 Å². The molecule has 1 aromatic carbocycles. The van der Waals surface area contributed by atoms with Crippen LogP contribution >= 0.6 is 0 Å². The van der Waals surface area contributed by atoms with Crippen LogP contribution in [0.15, 0.2) is 35.9 Å². The van der Waals surface area contributed by atoms with Gasteiger partial charge in [0.1, 0.15) is 11.9 Å². The number of nitrogens with one attached hydrogen (secondary N) is 1. The predicted molar refractivity (Wildman–Crippen MR) is 102 cm³/mol. The number of hydrogen-bond acceptors (Lipinski definition) is 5. The van der Waals surface area contributed by atoms with Crippen molar-refractivity contribution in [1.29, 1.82) is 0 Å². The zero-order valence-corrected chi connectivity index (χ0v) is 16.3. The van der Waals surface area contributed by atoms with Crippen molar-refractivity contribution in [3.8, 4) is 5.75 Å². The number of carbonyl (C=O) groups is 2. The Bertz CT molecular complexity index is 774. The highest BCUT2D eigenvalue weighted by Crippen LogP contribution is 2.46. The number of aliphatic hydroxyl groups excluding tert-OH is 1. The molecule has 1 saturated heterocycles. The lowest BCUT2D eigenvalue weighted by atomic mass is 9.68. The highest BCUT2D eigenvalue weighted by Gasteiger charge is 2.50. The number of ether oxygens (including phenoxy) is 2. The van der Waals surface area contributed by atoms with Gasteiger partial charge in [-0.2, -0.15) is 0 Å². The smallest absolute Gasteiger partial charge is 0.341 e. The molecule has 2 aliphatic rings. The number of carbonyl (C=O) groups excluding carboxylic acids is 1. The molecule has 1 fully saturated rings. The average molecular weight is 389 g/mol. The molecule has 0 radical (unpaired) electrons. The maximum atomic E-state index is 11.9. The van der Waals surface area contributed by atoms with Gasteiger partial charge in [-0.1, -0.05) is 18.2 Å². The van der Waals surface area contributed by atoms with E-state index in [2.05, 4.69) is 5.32 Å². The van der Waals surface area contributed by atoms with Gasteiger partial charge < -0.3 is 25.0 Å². The molecule has 1 heterocycles. The van der Waals surface area contributed by atoms with Crippen LogP contribution in [0.4, 0.5) is 0 Å². The van der Waals surface area contributed by atoms with Crippen molar-refractivity contribution in [3.05, 3.63) is 41.5 Å². The van der Waals surface area contributed by atoms with E-state index in [0.717, 1.165) is 17.6 Å². The van der Waals surface area contributed by atoms with Gasteiger partial charge in [0, 0.05) is 24.8 Å². The number of hydrogen-bond donors (Lipinski definition) is 3. The quantitative estimate of drug-likeness (QED) is 0.667. The fourth-order valence-electron chi connectivity index (χ4n) is 4.28. The fraction of sp³-hybridized carbons (Fsp3) is 0.524. The minimum absolute atomic E-state index is 0.0236. The monoisotopic (exact) mass is 389 g/mol. The van der Waals surface area contributed by atoms with E-state index >= 15 is 0 Å². The Morgan fingerprint density at radius 1 is 1.32 bits per heavy atom. The molecule has 5 atom stereocenters. The molecule has 0 aromatic heterocycles. The van der Waals surface area contributed by atoms with Gasteiger partial charge >= 0.3 is 5.97 Å². The summed E-state index contributed by atoms with van der Waals surface area (Å²) in [4.78, 5) is 22.5. The van der Waals surface area contributed by atoms with Crippen LogP contribution in [0.25, 0.3) is 0 Å². The van der Waals surface area contributed by atoms with Gasteiger partial charge in [0.05, 0.1) is 12.2 Å². The number of allylic oxidation sites excluding steroid dienone is 1. The standard InChI is InChI=1S/C21H27NO6/c1-12-4-9-16-20(19(12)26)28-17(10-21(16,3)22-13(2)23)14-5-7-15(8-6-14)27-11-18(24)25/h4-8,16-17,19-20,26H,9-11H2,1-3H3,(H,22,23)(H,24,25)/t16-,17+,19-,20-,21-/m1/s1. The van der Waals surface area contributed by atoms with Gasteiger partial charge in [-0.25, -0.2) is 4.79 Å².